The Balaban J connectivity index is 2.20. The molecule has 0 bridgehead atoms. The summed E-state index contributed by atoms with van der Waals surface area (Å²) in [5.41, 5.74) is 5.19. The fourth-order valence-electron chi connectivity index (χ4n) is 2.74. The first-order valence-electron chi connectivity index (χ1n) is 5.71. The smallest absolute Gasteiger partial charge is 0.185 e. The summed E-state index contributed by atoms with van der Waals surface area (Å²) in [7, 11) is 0. The van der Waals surface area contributed by atoms with Crippen molar-refractivity contribution in [1.82, 2.24) is 0 Å². The minimum atomic E-state index is 0.185. The molecule has 0 aliphatic heterocycles. The molecule has 15 heavy (non-hydrogen) atoms. The molecule has 2 aliphatic carbocycles. The van der Waals surface area contributed by atoms with Crippen LogP contribution in [0.15, 0.2) is 24.3 Å². The third-order valence-electron chi connectivity index (χ3n) is 3.51. The van der Waals surface area contributed by atoms with Gasteiger partial charge in [0.15, 0.2) is 5.78 Å². The summed E-state index contributed by atoms with van der Waals surface area (Å²) >= 11 is 0. The monoisotopic (exact) mass is 198 g/mol. The fourth-order valence-corrected chi connectivity index (χ4v) is 2.74. The predicted octanol–water partition coefficient (Wildman–Crippen LogP) is 2.86. The van der Waals surface area contributed by atoms with E-state index in [2.05, 4.69) is 6.07 Å². The van der Waals surface area contributed by atoms with Crippen LogP contribution in [-0.2, 0) is 19.3 Å². The van der Waals surface area contributed by atoms with Crippen LogP contribution in [0.25, 0.3) is 0 Å². The molecule has 0 unspecified atom stereocenters. The van der Waals surface area contributed by atoms with Crippen molar-refractivity contribution in [2.75, 3.05) is 0 Å². The van der Waals surface area contributed by atoms with Gasteiger partial charge in [-0.25, -0.2) is 0 Å². The van der Waals surface area contributed by atoms with Crippen LogP contribution in [0.5, 0.6) is 0 Å². The van der Waals surface area contributed by atoms with E-state index in [1.807, 2.05) is 12.1 Å². The Labute approximate surface area is 89.8 Å². The largest absolute Gasteiger partial charge is 0.289 e. The SMILES string of the molecule is O=C1C=CCc2c1ccc1c2CCCC1. The van der Waals surface area contributed by atoms with Gasteiger partial charge in [-0.1, -0.05) is 18.2 Å². The van der Waals surface area contributed by atoms with E-state index in [0.29, 0.717) is 0 Å². The Morgan fingerprint density at radius 1 is 1.00 bits per heavy atom. The molecule has 1 aromatic rings. The average Bonchev–Trinajstić information content (AvgIpc) is 2.29. The zero-order valence-electron chi connectivity index (χ0n) is 8.75. The Morgan fingerprint density at radius 2 is 1.87 bits per heavy atom. The van der Waals surface area contributed by atoms with Crippen molar-refractivity contribution in [3.8, 4) is 0 Å². The molecule has 0 atom stereocenters. The van der Waals surface area contributed by atoms with Crippen LogP contribution in [0.2, 0.25) is 0 Å². The van der Waals surface area contributed by atoms with Crippen molar-refractivity contribution in [2.24, 2.45) is 0 Å². The van der Waals surface area contributed by atoms with E-state index >= 15 is 0 Å². The second kappa shape index (κ2) is 3.34. The van der Waals surface area contributed by atoms with Gasteiger partial charge in [0, 0.05) is 5.56 Å². The number of benzene rings is 1. The van der Waals surface area contributed by atoms with Gasteiger partial charge in [-0.05, 0) is 54.9 Å². The van der Waals surface area contributed by atoms with Crippen molar-refractivity contribution < 1.29 is 4.79 Å². The highest BCUT2D eigenvalue weighted by molar-refractivity contribution is 6.07. The second-order valence-electron chi connectivity index (χ2n) is 4.41. The first kappa shape index (κ1) is 8.90. The highest BCUT2D eigenvalue weighted by Crippen LogP contribution is 2.29. The van der Waals surface area contributed by atoms with Gasteiger partial charge in [0.1, 0.15) is 0 Å². The number of allylic oxidation sites excluding steroid dienone is 2. The van der Waals surface area contributed by atoms with Crippen molar-refractivity contribution in [3.05, 3.63) is 46.5 Å². The van der Waals surface area contributed by atoms with E-state index in [1.165, 1.54) is 42.4 Å². The molecule has 2 aliphatic rings. The average molecular weight is 198 g/mol. The van der Waals surface area contributed by atoms with Crippen LogP contribution in [0.3, 0.4) is 0 Å². The Bertz CT molecular complexity index is 455. The van der Waals surface area contributed by atoms with Gasteiger partial charge in [-0.15, -0.1) is 0 Å². The van der Waals surface area contributed by atoms with E-state index in [1.54, 1.807) is 6.08 Å². The number of carbonyl (C=O) groups excluding carboxylic acids is 1. The lowest BCUT2D eigenvalue weighted by molar-refractivity contribution is 0.104. The van der Waals surface area contributed by atoms with Gasteiger partial charge >= 0.3 is 0 Å². The zero-order valence-corrected chi connectivity index (χ0v) is 8.75. The lowest BCUT2D eigenvalue weighted by Crippen LogP contribution is -2.13. The highest BCUT2D eigenvalue weighted by Gasteiger charge is 2.20. The van der Waals surface area contributed by atoms with Gasteiger partial charge in [0.25, 0.3) is 0 Å². The standard InChI is InChI=1S/C14H14O/c15-14-7-3-6-12-11-5-2-1-4-10(11)8-9-13(12)14/h3,7-9H,1-2,4-6H2. The van der Waals surface area contributed by atoms with Crippen LogP contribution in [-0.4, -0.2) is 5.78 Å². The molecule has 0 saturated carbocycles. The van der Waals surface area contributed by atoms with Crippen LogP contribution in [0, 0.1) is 0 Å². The molecule has 0 heterocycles. The number of hydrogen-bond acceptors (Lipinski definition) is 1. The maximum absolute atomic E-state index is 11.7. The Hall–Kier alpha value is -1.37. The molecule has 0 spiro atoms. The molecule has 0 saturated heterocycles. The minimum Gasteiger partial charge on any atom is -0.289 e. The van der Waals surface area contributed by atoms with Crippen LogP contribution >= 0.6 is 0 Å². The number of aryl methyl sites for hydroxylation is 1. The molecule has 1 aromatic carbocycles. The first-order chi connectivity index (χ1) is 7.36. The number of ketones is 1. The van der Waals surface area contributed by atoms with Crippen molar-refractivity contribution in [2.45, 2.75) is 32.1 Å². The molecule has 0 fully saturated rings. The summed E-state index contributed by atoms with van der Waals surface area (Å²) in [6.07, 6.45) is 9.60. The normalized spacial score (nSPS) is 18.5. The number of hydrogen-bond donors (Lipinski definition) is 0. The maximum Gasteiger partial charge on any atom is 0.185 e. The number of rotatable bonds is 0. The molecule has 0 aromatic heterocycles. The fraction of sp³-hybridized carbons (Fsp3) is 0.357. The molecule has 0 radical (unpaired) electrons. The molecular weight excluding hydrogens is 184 g/mol. The Morgan fingerprint density at radius 3 is 2.80 bits per heavy atom. The van der Waals surface area contributed by atoms with E-state index in [9.17, 15) is 4.79 Å². The van der Waals surface area contributed by atoms with Crippen LogP contribution in [0.4, 0.5) is 0 Å². The van der Waals surface area contributed by atoms with Gasteiger partial charge in [-0.3, -0.25) is 4.79 Å². The number of carbonyl (C=O) groups is 1. The Kier molecular flexibility index (Phi) is 1.98. The minimum absolute atomic E-state index is 0.185. The summed E-state index contributed by atoms with van der Waals surface area (Å²) in [6, 6.07) is 4.18. The molecule has 0 N–H and O–H groups in total. The third-order valence-corrected chi connectivity index (χ3v) is 3.51. The van der Waals surface area contributed by atoms with Gasteiger partial charge in [0.05, 0.1) is 0 Å². The second-order valence-corrected chi connectivity index (χ2v) is 4.41. The van der Waals surface area contributed by atoms with Crippen LogP contribution < -0.4 is 0 Å². The highest BCUT2D eigenvalue weighted by atomic mass is 16.1. The van der Waals surface area contributed by atoms with Crippen LogP contribution in [0.1, 0.15) is 39.9 Å². The van der Waals surface area contributed by atoms with E-state index < -0.39 is 0 Å². The summed E-state index contributed by atoms with van der Waals surface area (Å²) in [5.74, 6) is 0.185. The van der Waals surface area contributed by atoms with Gasteiger partial charge < -0.3 is 0 Å². The summed E-state index contributed by atoms with van der Waals surface area (Å²) in [5, 5.41) is 0. The molecular formula is C14H14O. The topological polar surface area (TPSA) is 17.1 Å². The van der Waals surface area contributed by atoms with E-state index in [0.717, 1.165) is 12.0 Å². The molecule has 3 rings (SSSR count). The lowest BCUT2D eigenvalue weighted by atomic mass is 9.82. The van der Waals surface area contributed by atoms with Gasteiger partial charge in [-0.2, -0.15) is 0 Å². The van der Waals surface area contributed by atoms with Crippen molar-refractivity contribution in [1.29, 1.82) is 0 Å². The molecule has 0 amide bonds. The summed E-state index contributed by atoms with van der Waals surface area (Å²) in [4.78, 5) is 11.7. The molecule has 1 heteroatoms. The first-order valence-corrected chi connectivity index (χ1v) is 5.71. The van der Waals surface area contributed by atoms with E-state index in [4.69, 9.17) is 0 Å². The zero-order chi connectivity index (χ0) is 10.3. The quantitative estimate of drug-likeness (QED) is 0.626. The van der Waals surface area contributed by atoms with Crippen molar-refractivity contribution >= 4 is 5.78 Å². The molecule has 1 nitrogen and oxygen atoms in total. The van der Waals surface area contributed by atoms with Gasteiger partial charge in [0.2, 0.25) is 0 Å². The lowest BCUT2D eigenvalue weighted by Gasteiger charge is -2.22. The molecule has 76 valence electrons. The van der Waals surface area contributed by atoms with Crippen molar-refractivity contribution in [3.63, 3.8) is 0 Å². The third kappa shape index (κ3) is 1.34. The predicted molar refractivity (Wildman–Crippen MR) is 60.3 cm³/mol. The summed E-state index contributed by atoms with van der Waals surface area (Å²) < 4.78 is 0. The number of fused-ring (bicyclic) bond motifs is 3. The summed E-state index contributed by atoms with van der Waals surface area (Å²) in [6.45, 7) is 0. The maximum atomic E-state index is 11.7. The van der Waals surface area contributed by atoms with E-state index in [-0.39, 0.29) is 5.78 Å².